The lowest BCUT2D eigenvalue weighted by Gasteiger charge is -1.99. The minimum atomic E-state index is -1.85. The first kappa shape index (κ1) is 10.3. The molecule has 0 spiro atoms. The summed E-state index contributed by atoms with van der Waals surface area (Å²) in [6.07, 6.45) is 0. The maximum Gasteiger partial charge on any atom is 0.598 e. The van der Waals surface area contributed by atoms with E-state index in [-0.39, 0.29) is 0 Å². The summed E-state index contributed by atoms with van der Waals surface area (Å²) in [5, 5.41) is 2.62. The molecule has 2 aromatic carbocycles. The molecule has 1 heterocycles. The zero-order chi connectivity index (χ0) is 11.8. The van der Waals surface area contributed by atoms with Gasteiger partial charge in [-0.3, -0.25) is 0 Å². The highest BCUT2D eigenvalue weighted by molar-refractivity contribution is 7.37. The van der Waals surface area contributed by atoms with Crippen LogP contribution in [0.4, 0.5) is 0 Å². The van der Waals surface area contributed by atoms with Crippen molar-refractivity contribution < 1.29 is 13.5 Å². The Balaban J connectivity index is 2.54. The van der Waals surface area contributed by atoms with Crippen molar-refractivity contribution in [3.63, 3.8) is 0 Å². The summed E-state index contributed by atoms with van der Waals surface area (Å²) < 4.78 is 22.5. The summed E-state index contributed by atoms with van der Waals surface area (Å²) in [7, 11) is -0.256. The first-order valence-corrected chi connectivity index (χ1v) is 6.40. The topological polar surface area (TPSA) is 39.4 Å². The second kappa shape index (κ2) is 3.86. The predicted molar refractivity (Wildman–Crippen MR) is 67.9 cm³/mol. The Bertz CT molecular complexity index is 761. The Morgan fingerprint density at radius 3 is 2.76 bits per heavy atom. The molecule has 84 valence electrons. The Labute approximate surface area is 98.5 Å². The van der Waals surface area contributed by atoms with Gasteiger partial charge in [0.25, 0.3) is 0 Å². The molecule has 0 saturated carbocycles. The SMILES string of the molecule is COc1ccc2c3ccccc3o[p+](=O)c2c1. The lowest BCUT2D eigenvalue weighted by molar-refractivity contribution is 0.415. The molecule has 0 aliphatic rings. The third-order valence-corrected chi connectivity index (χ3v) is 3.89. The molecule has 3 rings (SSSR count). The molecule has 0 N–H and O–H groups in total. The smallest absolute Gasteiger partial charge is 0.497 e. The van der Waals surface area contributed by atoms with E-state index in [9.17, 15) is 4.57 Å². The Morgan fingerprint density at radius 2 is 1.94 bits per heavy atom. The van der Waals surface area contributed by atoms with Crippen LogP contribution in [-0.2, 0) is 4.57 Å². The molecule has 0 amide bonds. The summed E-state index contributed by atoms with van der Waals surface area (Å²) in [6, 6.07) is 13.2. The molecule has 1 aromatic heterocycles. The van der Waals surface area contributed by atoms with E-state index in [1.807, 2.05) is 36.4 Å². The fourth-order valence-corrected chi connectivity index (χ4v) is 2.99. The molecule has 0 aliphatic heterocycles. The van der Waals surface area contributed by atoms with Gasteiger partial charge in [0.15, 0.2) is 5.58 Å². The zero-order valence-electron chi connectivity index (χ0n) is 9.21. The van der Waals surface area contributed by atoms with Crippen molar-refractivity contribution in [3.05, 3.63) is 42.5 Å². The molecule has 1 unspecified atom stereocenters. The fraction of sp³-hybridized carbons (Fsp3) is 0.0769. The zero-order valence-corrected chi connectivity index (χ0v) is 10.1. The highest BCUT2D eigenvalue weighted by atomic mass is 31.1. The average molecular weight is 245 g/mol. The third-order valence-electron chi connectivity index (χ3n) is 2.76. The summed E-state index contributed by atoms with van der Waals surface area (Å²) in [5.74, 6) is 0.690. The van der Waals surface area contributed by atoms with Crippen molar-refractivity contribution in [2.24, 2.45) is 0 Å². The number of para-hydroxylation sites is 1. The molecule has 0 radical (unpaired) electrons. The van der Waals surface area contributed by atoms with E-state index in [4.69, 9.17) is 8.93 Å². The maximum atomic E-state index is 12.0. The molecule has 3 aromatic rings. The van der Waals surface area contributed by atoms with Crippen molar-refractivity contribution in [2.75, 3.05) is 7.11 Å². The van der Waals surface area contributed by atoms with Gasteiger partial charge in [0.05, 0.1) is 7.11 Å². The summed E-state index contributed by atoms with van der Waals surface area (Å²) in [5.41, 5.74) is 0.672. The number of methoxy groups -OCH3 is 1. The standard InChI is InChI=1S/C13H10O3P/c1-15-9-6-7-11-10-4-2-3-5-12(10)16-17(14)13(11)8-9/h2-8H,1H3/q+1. The minimum absolute atomic E-state index is 0.672. The van der Waals surface area contributed by atoms with E-state index in [2.05, 4.69) is 0 Å². The maximum absolute atomic E-state index is 12.0. The highest BCUT2D eigenvalue weighted by Crippen LogP contribution is 2.36. The summed E-state index contributed by atoms with van der Waals surface area (Å²) in [6.45, 7) is 0. The molecular weight excluding hydrogens is 235 g/mol. The van der Waals surface area contributed by atoms with Gasteiger partial charge in [-0.2, -0.15) is 0 Å². The fourth-order valence-electron chi connectivity index (χ4n) is 1.92. The van der Waals surface area contributed by atoms with Gasteiger partial charge < -0.3 is 4.74 Å². The van der Waals surface area contributed by atoms with Crippen molar-refractivity contribution in [1.29, 1.82) is 0 Å². The van der Waals surface area contributed by atoms with Crippen LogP contribution in [-0.4, -0.2) is 7.11 Å². The highest BCUT2D eigenvalue weighted by Gasteiger charge is 2.16. The minimum Gasteiger partial charge on any atom is -0.497 e. The van der Waals surface area contributed by atoms with E-state index in [1.54, 1.807) is 13.2 Å². The number of benzene rings is 2. The van der Waals surface area contributed by atoms with Crippen LogP contribution in [0.5, 0.6) is 5.75 Å². The molecule has 0 saturated heterocycles. The van der Waals surface area contributed by atoms with Gasteiger partial charge in [-0.15, -0.1) is 0 Å². The summed E-state index contributed by atoms with van der Waals surface area (Å²) in [4.78, 5) is 0. The molecule has 1 atom stereocenters. The van der Waals surface area contributed by atoms with E-state index >= 15 is 0 Å². The van der Waals surface area contributed by atoms with Crippen molar-refractivity contribution >= 4 is 29.1 Å². The van der Waals surface area contributed by atoms with Crippen LogP contribution in [0.1, 0.15) is 0 Å². The quantitative estimate of drug-likeness (QED) is 0.599. The van der Waals surface area contributed by atoms with Crippen LogP contribution in [0, 0.1) is 0 Å². The molecule has 3 nitrogen and oxygen atoms in total. The Hall–Kier alpha value is -1.86. The van der Waals surface area contributed by atoms with Crippen LogP contribution in [0.25, 0.3) is 21.5 Å². The van der Waals surface area contributed by atoms with E-state index < -0.39 is 7.65 Å². The molecule has 0 fully saturated rings. The number of hydrogen-bond acceptors (Lipinski definition) is 3. The monoisotopic (exact) mass is 245 g/mol. The van der Waals surface area contributed by atoms with Gasteiger partial charge in [0.1, 0.15) is 5.75 Å². The van der Waals surface area contributed by atoms with Gasteiger partial charge in [-0.05, 0) is 22.8 Å². The Kier molecular flexibility index (Phi) is 2.34. The number of hydrogen-bond donors (Lipinski definition) is 0. The molecular formula is C13H10O3P+. The van der Waals surface area contributed by atoms with E-state index in [1.165, 1.54) is 0 Å². The van der Waals surface area contributed by atoms with Gasteiger partial charge in [-0.1, -0.05) is 18.2 Å². The van der Waals surface area contributed by atoms with Crippen molar-refractivity contribution in [3.8, 4) is 5.75 Å². The van der Waals surface area contributed by atoms with Crippen LogP contribution >= 0.6 is 7.65 Å². The Morgan fingerprint density at radius 1 is 1.12 bits per heavy atom. The number of ether oxygens (including phenoxy) is 1. The molecule has 4 heteroatoms. The van der Waals surface area contributed by atoms with Crippen LogP contribution in [0.15, 0.2) is 46.7 Å². The first-order valence-electron chi connectivity index (χ1n) is 5.22. The second-order valence-corrected chi connectivity index (χ2v) is 4.91. The first-order chi connectivity index (χ1) is 8.29. The number of rotatable bonds is 1. The van der Waals surface area contributed by atoms with E-state index in [0.29, 0.717) is 16.5 Å². The average Bonchev–Trinajstić information content (AvgIpc) is 2.38. The van der Waals surface area contributed by atoms with E-state index in [0.717, 1.165) is 10.8 Å². The summed E-state index contributed by atoms with van der Waals surface area (Å²) >= 11 is 0. The normalized spacial score (nSPS) is 11.9. The lowest BCUT2D eigenvalue weighted by atomic mass is 10.1. The van der Waals surface area contributed by atoms with Gasteiger partial charge in [0.2, 0.25) is 5.12 Å². The largest absolute Gasteiger partial charge is 0.598 e. The van der Waals surface area contributed by atoms with Crippen molar-refractivity contribution in [1.82, 2.24) is 0 Å². The number of fused-ring (bicyclic) bond motifs is 3. The third kappa shape index (κ3) is 1.60. The molecule has 0 bridgehead atoms. The lowest BCUT2D eigenvalue weighted by Crippen LogP contribution is -1.82. The van der Waals surface area contributed by atoms with Gasteiger partial charge in [-0.25, -0.2) is 4.20 Å². The van der Waals surface area contributed by atoms with Crippen LogP contribution in [0.3, 0.4) is 0 Å². The second-order valence-electron chi connectivity index (χ2n) is 3.73. The molecule has 0 aliphatic carbocycles. The molecule has 17 heavy (non-hydrogen) atoms. The van der Waals surface area contributed by atoms with Crippen molar-refractivity contribution in [2.45, 2.75) is 0 Å². The van der Waals surface area contributed by atoms with Gasteiger partial charge in [0, 0.05) is 16.8 Å². The van der Waals surface area contributed by atoms with Crippen LogP contribution < -0.4 is 4.74 Å². The van der Waals surface area contributed by atoms with Crippen LogP contribution in [0.2, 0.25) is 0 Å². The predicted octanol–water partition coefficient (Wildman–Crippen LogP) is 4.34. The van der Waals surface area contributed by atoms with Gasteiger partial charge >= 0.3 is 7.65 Å².